The maximum Gasteiger partial charge on any atom is 0.243 e. The second-order valence-corrected chi connectivity index (χ2v) is 6.75. The molecule has 0 spiro atoms. The van der Waals surface area contributed by atoms with Gasteiger partial charge in [0.25, 0.3) is 0 Å². The molecule has 1 rings (SSSR count). The van der Waals surface area contributed by atoms with Crippen molar-refractivity contribution in [3.8, 4) is 0 Å². The molecule has 0 fully saturated rings. The maximum absolute atomic E-state index is 12.6. The fourth-order valence-electron chi connectivity index (χ4n) is 1.91. The van der Waals surface area contributed by atoms with Crippen molar-refractivity contribution in [2.24, 2.45) is 5.73 Å². The first-order chi connectivity index (χ1) is 9.73. The third-order valence-corrected chi connectivity index (χ3v) is 5.38. The number of carbonyl (C=O) groups is 1. The number of rotatable bonds is 6. The number of nitrogens with zero attached hydrogens (tertiary/aromatic N) is 1. The zero-order valence-corrected chi connectivity index (χ0v) is 13.7. The van der Waals surface area contributed by atoms with Gasteiger partial charge in [0.05, 0.1) is 10.9 Å². The van der Waals surface area contributed by atoms with Crippen LogP contribution in [0.1, 0.15) is 26.3 Å². The highest BCUT2D eigenvalue weighted by Gasteiger charge is 2.24. The van der Waals surface area contributed by atoms with Gasteiger partial charge in [-0.1, -0.05) is 19.9 Å². The third kappa shape index (κ3) is 4.03. The summed E-state index contributed by atoms with van der Waals surface area (Å²) in [5.41, 5.74) is 6.55. The number of hydrogen-bond acceptors (Lipinski definition) is 4. The fraction of sp³-hybridized carbons (Fsp3) is 0.500. The predicted octanol–water partition coefficient (Wildman–Crippen LogP) is 1.31. The lowest BCUT2D eigenvalue weighted by molar-refractivity contribution is -0.117. The summed E-state index contributed by atoms with van der Waals surface area (Å²) < 4.78 is 26.5. The van der Waals surface area contributed by atoms with Crippen molar-refractivity contribution in [3.05, 3.63) is 23.8 Å². The van der Waals surface area contributed by atoms with Gasteiger partial charge in [-0.3, -0.25) is 4.79 Å². The summed E-state index contributed by atoms with van der Waals surface area (Å²) >= 11 is 0. The van der Waals surface area contributed by atoms with E-state index in [9.17, 15) is 13.2 Å². The van der Waals surface area contributed by atoms with Crippen LogP contribution in [0.4, 0.5) is 5.69 Å². The van der Waals surface area contributed by atoms with E-state index < -0.39 is 16.1 Å². The lowest BCUT2D eigenvalue weighted by Gasteiger charge is -2.20. The molecule has 0 heterocycles. The van der Waals surface area contributed by atoms with Crippen molar-refractivity contribution in [1.29, 1.82) is 0 Å². The van der Waals surface area contributed by atoms with E-state index in [2.05, 4.69) is 5.32 Å². The minimum absolute atomic E-state index is 0.202. The van der Waals surface area contributed by atoms with E-state index in [1.807, 2.05) is 0 Å². The van der Waals surface area contributed by atoms with Gasteiger partial charge in [0.15, 0.2) is 0 Å². The summed E-state index contributed by atoms with van der Waals surface area (Å²) in [5.74, 6) is -0.356. The Hall–Kier alpha value is -1.44. The summed E-state index contributed by atoms with van der Waals surface area (Å²) in [6.45, 7) is 7.67. The average Bonchev–Trinajstić information content (AvgIpc) is 2.41. The Balaban J connectivity index is 3.22. The zero-order valence-electron chi connectivity index (χ0n) is 12.9. The second kappa shape index (κ2) is 7.02. The first kappa shape index (κ1) is 17.6. The van der Waals surface area contributed by atoms with Gasteiger partial charge in [0.1, 0.15) is 0 Å². The third-order valence-electron chi connectivity index (χ3n) is 3.19. The first-order valence-electron chi connectivity index (χ1n) is 6.91. The average molecular weight is 313 g/mol. The Morgan fingerprint density at radius 2 is 1.90 bits per heavy atom. The summed E-state index contributed by atoms with van der Waals surface area (Å²) in [4.78, 5) is 11.8. The van der Waals surface area contributed by atoms with Crippen LogP contribution in [0.15, 0.2) is 23.1 Å². The van der Waals surface area contributed by atoms with Gasteiger partial charge in [0, 0.05) is 18.8 Å². The van der Waals surface area contributed by atoms with Gasteiger partial charge < -0.3 is 11.1 Å². The number of benzene rings is 1. The van der Waals surface area contributed by atoms with E-state index in [0.717, 1.165) is 0 Å². The maximum atomic E-state index is 12.6. The molecule has 0 aliphatic heterocycles. The molecule has 118 valence electrons. The molecular formula is C14H23N3O3S. The molecule has 0 saturated heterocycles. The normalized spacial score (nSPS) is 13.2. The van der Waals surface area contributed by atoms with E-state index >= 15 is 0 Å². The molecule has 6 nitrogen and oxygen atoms in total. The van der Waals surface area contributed by atoms with Crippen LogP contribution in [-0.2, 0) is 14.8 Å². The largest absolute Gasteiger partial charge is 0.325 e. The molecule has 1 aromatic carbocycles. The molecule has 0 unspecified atom stereocenters. The number of carbonyl (C=O) groups excluding carboxylic acids is 1. The van der Waals surface area contributed by atoms with Gasteiger partial charge in [0.2, 0.25) is 15.9 Å². The molecule has 3 N–H and O–H groups in total. The highest BCUT2D eigenvalue weighted by molar-refractivity contribution is 7.89. The van der Waals surface area contributed by atoms with Crippen LogP contribution in [0.25, 0.3) is 0 Å². The van der Waals surface area contributed by atoms with Crippen molar-refractivity contribution < 1.29 is 13.2 Å². The van der Waals surface area contributed by atoms with Crippen molar-refractivity contribution in [3.63, 3.8) is 0 Å². The van der Waals surface area contributed by atoms with Gasteiger partial charge in [-0.05, 0) is 31.5 Å². The molecule has 0 aliphatic carbocycles. The van der Waals surface area contributed by atoms with Crippen molar-refractivity contribution in [1.82, 2.24) is 4.31 Å². The van der Waals surface area contributed by atoms with E-state index in [4.69, 9.17) is 5.73 Å². The molecule has 0 saturated carbocycles. The van der Waals surface area contributed by atoms with Crippen LogP contribution >= 0.6 is 0 Å². The van der Waals surface area contributed by atoms with Crippen LogP contribution in [-0.4, -0.2) is 37.8 Å². The summed E-state index contributed by atoms with van der Waals surface area (Å²) in [7, 11) is -3.56. The van der Waals surface area contributed by atoms with Gasteiger partial charge >= 0.3 is 0 Å². The number of sulfonamides is 1. The lowest BCUT2D eigenvalue weighted by atomic mass is 10.2. The minimum atomic E-state index is -3.56. The van der Waals surface area contributed by atoms with E-state index in [1.165, 1.54) is 10.4 Å². The molecule has 1 aromatic rings. The standard InChI is InChI=1S/C14H23N3O3S/c1-5-17(6-2)21(19,20)13-9-12(8-7-10(13)3)16-14(18)11(4)15/h7-9,11H,5-6,15H2,1-4H3,(H,16,18)/t11-/m0/s1. The Bertz CT molecular complexity index is 608. The molecule has 0 aromatic heterocycles. The number of nitrogens with two attached hydrogens (primary N) is 1. The van der Waals surface area contributed by atoms with Gasteiger partial charge in [-0.15, -0.1) is 0 Å². The first-order valence-corrected chi connectivity index (χ1v) is 8.35. The number of aryl methyl sites for hydroxylation is 1. The topological polar surface area (TPSA) is 92.5 Å². The molecule has 0 bridgehead atoms. The zero-order chi connectivity index (χ0) is 16.2. The van der Waals surface area contributed by atoms with Gasteiger partial charge in [-0.2, -0.15) is 4.31 Å². The minimum Gasteiger partial charge on any atom is -0.325 e. The molecule has 0 radical (unpaired) electrons. The Kier molecular flexibility index (Phi) is 5.88. The van der Waals surface area contributed by atoms with E-state index in [0.29, 0.717) is 24.3 Å². The Morgan fingerprint density at radius 3 is 2.38 bits per heavy atom. The second-order valence-electron chi connectivity index (χ2n) is 4.85. The predicted molar refractivity (Wildman–Crippen MR) is 83.6 cm³/mol. The van der Waals surface area contributed by atoms with Crippen LogP contribution in [0, 0.1) is 6.92 Å². The number of nitrogens with one attached hydrogen (secondary N) is 1. The quantitative estimate of drug-likeness (QED) is 0.828. The SMILES string of the molecule is CCN(CC)S(=O)(=O)c1cc(NC(=O)[C@H](C)N)ccc1C. The van der Waals surface area contributed by atoms with Crippen LogP contribution in [0.3, 0.4) is 0 Å². The molecule has 1 atom stereocenters. The molecule has 21 heavy (non-hydrogen) atoms. The molecular weight excluding hydrogens is 290 g/mol. The highest BCUT2D eigenvalue weighted by Crippen LogP contribution is 2.23. The summed E-state index contributed by atoms with van der Waals surface area (Å²) in [5, 5.41) is 2.61. The number of anilines is 1. The monoisotopic (exact) mass is 313 g/mol. The fourth-order valence-corrected chi connectivity index (χ4v) is 3.62. The van der Waals surface area contributed by atoms with Crippen molar-refractivity contribution >= 4 is 21.6 Å². The summed E-state index contributed by atoms with van der Waals surface area (Å²) in [6.07, 6.45) is 0. The van der Waals surface area contributed by atoms with Crippen molar-refractivity contribution in [2.45, 2.75) is 38.6 Å². The highest BCUT2D eigenvalue weighted by atomic mass is 32.2. The van der Waals surface area contributed by atoms with E-state index in [1.54, 1.807) is 39.8 Å². The number of hydrogen-bond donors (Lipinski definition) is 2. The molecule has 1 amide bonds. The summed E-state index contributed by atoms with van der Waals surface area (Å²) in [6, 6.07) is 4.15. The Morgan fingerprint density at radius 1 is 1.33 bits per heavy atom. The smallest absolute Gasteiger partial charge is 0.243 e. The molecule has 7 heteroatoms. The Labute approximate surface area is 126 Å². The van der Waals surface area contributed by atoms with Crippen molar-refractivity contribution in [2.75, 3.05) is 18.4 Å². The number of amides is 1. The van der Waals surface area contributed by atoms with Crippen LogP contribution in [0.5, 0.6) is 0 Å². The van der Waals surface area contributed by atoms with Gasteiger partial charge in [-0.25, -0.2) is 8.42 Å². The molecule has 0 aliphatic rings. The van der Waals surface area contributed by atoms with Crippen LogP contribution < -0.4 is 11.1 Å². The van der Waals surface area contributed by atoms with E-state index in [-0.39, 0.29) is 10.8 Å². The van der Waals surface area contributed by atoms with Crippen LogP contribution in [0.2, 0.25) is 0 Å². The lowest BCUT2D eigenvalue weighted by Crippen LogP contribution is -2.33.